The van der Waals surface area contributed by atoms with Gasteiger partial charge in [0.1, 0.15) is 5.75 Å². The molecule has 1 saturated heterocycles. The SMILES string of the molecule is COc1ccc([C@@H](CO)N2CCNCC2)c2ccccc12.Cl. The van der Waals surface area contributed by atoms with Gasteiger partial charge in [-0.15, -0.1) is 12.4 Å². The number of benzene rings is 2. The second-order valence-corrected chi connectivity index (χ2v) is 5.39. The van der Waals surface area contributed by atoms with Gasteiger partial charge in [0.15, 0.2) is 0 Å². The molecule has 3 rings (SSSR count). The van der Waals surface area contributed by atoms with Crippen LogP contribution in [0.5, 0.6) is 5.75 Å². The largest absolute Gasteiger partial charge is 0.496 e. The van der Waals surface area contributed by atoms with Crippen LogP contribution < -0.4 is 10.1 Å². The summed E-state index contributed by atoms with van der Waals surface area (Å²) >= 11 is 0. The maximum atomic E-state index is 9.92. The Hall–Kier alpha value is -1.33. The highest BCUT2D eigenvalue weighted by atomic mass is 35.5. The Morgan fingerprint density at radius 3 is 2.45 bits per heavy atom. The van der Waals surface area contributed by atoms with Crippen LogP contribution in [0.2, 0.25) is 0 Å². The van der Waals surface area contributed by atoms with Crippen LogP contribution in [0.3, 0.4) is 0 Å². The Bertz CT molecular complexity index is 615. The van der Waals surface area contributed by atoms with Crippen molar-refractivity contribution < 1.29 is 9.84 Å². The molecule has 0 bridgehead atoms. The first-order valence-corrected chi connectivity index (χ1v) is 7.46. The van der Waals surface area contributed by atoms with Crippen LogP contribution in [-0.2, 0) is 0 Å². The number of hydrogen-bond donors (Lipinski definition) is 2. The summed E-state index contributed by atoms with van der Waals surface area (Å²) < 4.78 is 5.46. The minimum atomic E-state index is 0. The number of nitrogens with one attached hydrogen (secondary N) is 1. The van der Waals surface area contributed by atoms with Gasteiger partial charge < -0.3 is 15.2 Å². The van der Waals surface area contributed by atoms with Crippen LogP contribution in [0, 0.1) is 0 Å². The van der Waals surface area contributed by atoms with E-state index in [1.165, 1.54) is 5.56 Å². The lowest BCUT2D eigenvalue weighted by Gasteiger charge is -2.34. The molecule has 2 aromatic carbocycles. The molecule has 0 amide bonds. The lowest BCUT2D eigenvalue weighted by Crippen LogP contribution is -2.46. The number of rotatable bonds is 4. The Kier molecular flexibility index (Phi) is 6.03. The molecule has 1 aliphatic rings. The second kappa shape index (κ2) is 7.79. The lowest BCUT2D eigenvalue weighted by molar-refractivity contribution is 0.111. The summed E-state index contributed by atoms with van der Waals surface area (Å²) in [6.07, 6.45) is 0. The van der Waals surface area contributed by atoms with Crippen molar-refractivity contribution in [2.75, 3.05) is 39.9 Å². The third-order valence-electron chi connectivity index (χ3n) is 4.26. The van der Waals surface area contributed by atoms with Gasteiger partial charge in [0.25, 0.3) is 0 Å². The summed E-state index contributed by atoms with van der Waals surface area (Å²) in [7, 11) is 1.70. The fourth-order valence-corrected chi connectivity index (χ4v) is 3.17. The Labute approximate surface area is 137 Å². The molecule has 1 aliphatic heterocycles. The highest BCUT2D eigenvalue weighted by molar-refractivity contribution is 5.91. The first kappa shape index (κ1) is 17.0. The number of piperazine rings is 1. The lowest BCUT2D eigenvalue weighted by atomic mass is 9.97. The van der Waals surface area contributed by atoms with Crippen molar-refractivity contribution in [3.8, 4) is 5.75 Å². The van der Waals surface area contributed by atoms with Gasteiger partial charge in [-0.1, -0.05) is 30.3 Å². The van der Waals surface area contributed by atoms with Crippen molar-refractivity contribution >= 4 is 23.2 Å². The number of methoxy groups -OCH3 is 1. The van der Waals surface area contributed by atoms with Gasteiger partial charge in [-0.3, -0.25) is 4.90 Å². The maximum Gasteiger partial charge on any atom is 0.126 e. The van der Waals surface area contributed by atoms with E-state index in [-0.39, 0.29) is 25.1 Å². The molecule has 0 aliphatic carbocycles. The quantitative estimate of drug-likeness (QED) is 0.906. The van der Waals surface area contributed by atoms with Crippen molar-refractivity contribution in [2.45, 2.75) is 6.04 Å². The Morgan fingerprint density at radius 1 is 1.14 bits per heavy atom. The monoisotopic (exact) mass is 322 g/mol. The number of halogens is 1. The van der Waals surface area contributed by atoms with Gasteiger partial charge >= 0.3 is 0 Å². The van der Waals surface area contributed by atoms with Crippen LogP contribution in [0.4, 0.5) is 0 Å². The predicted octanol–water partition coefficient (Wildman–Crippen LogP) is 2.21. The summed E-state index contributed by atoms with van der Waals surface area (Å²) in [6.45, 7) is 4.02. The number of hydrogen-bond acceptors (Lipinski definition) is 4. The molecule has 1 heterocycles. The predicted molar refractivity (Wildman–Crippen MR) is 92.0 cm³/mol. The van der Waals surface area contributed by atoms with Crippen LogP contribution in [-0.4, -0.2) is 49.9 Å². The third-order valence-corrected chi connectivity index (χ3v) is 4.26. The van der Waals surface area contributed by atoms with E-state index in [2.05, 4.69) is 28.4 Å². The van der Waals surface area contributed by atoms with Gasteiger partial charge in [0.05, 0.1) is 19.8 Å². The molecule has 1 atom stereocenters. The van der Waals surface area contributed by atoms with Crippen molar-refractivity contribution in [3.63, 3.8) is 0 Å². The fraction of sp³-hybridized carbons (Fsp3) is 0.412. The smallest absolute Gasteiger partial charge is 0.126 e. The molecule has 120 valence electrons. The van der Waals surface area contributed by atoms with Crippen LogP contribution in [0.1, 0.15) is 11.6 Å². The molecular formula is C17H23ClN2O2. The van der Waals surface area contributed by atoms with E-state index in [0.717, 1.165) is 42.7 Å². The summed E-state index contributed by atoms with van der Waals surface area (Å²) in [5.74, 6) is 0.881. The van der Waals surface area contributed by atoms with E-state index < -0.39 is 0 Å². The van der Waals surface area contributed by atoms with Crippen molar-refractivity contribution in [1.82, 2.24) is 10.2 Å². The average molecular weight is 323 g/mol. The zero-order valence-corrected chi connectivity index (χ0v) is 13.6. The number of aliphatic hydroxyl groups is 1. The number of ether oxygens (including phenoxy) is 1. The molecule has 4 nitrogen and oxygen atoms in total. The summed E-state index contributed by atoms with van der Waals surface area (Å²) in [5, 5.41) is 15.5. The van der Waals surface area contributed by atoms with Crippen molar-refractivity contribution in [3.05, 3.63) is 42.0 Å². The molecule has 0 saturated carbocycles. The molecular weight excluding hydrogens is 300 g/mol. The number of nitrogens with zero attached hydrogens (tertiary/aromatic N) is 1. The van der Waals surface area contributed by atoms with E-state index in [4.69, 9.17) is 4.74 Å². The van der Waals surface area contributed by atoms with E-state index in [1.807, 2.05) is 18.2 Å². The molecule has 2 aromatic rings. The molecule has 2 N–H and O–H groups in total. The molecule has 0 unspecified atom stereocenters. The summed E-state index contributed by atoms with van der Waals surface area (Å²) in [5.41, 5.74) is 1.18. The van der Waals surface area contributed by atoms with Gasteiger partial charge in [-0.25, -0.2) is 0 Å². The summed E-state index contributed by atoms with van der Waals surface area (Å²) in [4.78, 5) is 2.35. The number of fused-ring (bicyclic) bond motifs is 1. The standard InChI is InChI=1S/C17H22N2O2.ClH/c1-21-17-7-6-14(13-4-2-3-5-15(13)17)16(12-20)19-10-8-18-9-11-19;/h2-7,16,18,20H,8-12H2,1H3;1H/t16-;/m1./s1. The third kappa shape index (κ3) is 3.20. The summed E-state index contributed by atoms with van der Waals surface area (Å²) in [6, 6.07) is 12.4. The fourth-order valence-electron chi connectivity index (χ4n) is 3.17. The van der Waals surface area contributed by atoms with E-state index in [1.54, 1.807) is 7.11 Å². The minimum absolute atomic E-state index is 0. The first-order chi connectivity index (χ1) is 10.3. The maximum absolute atomic E-state index is 9.92. The first-order valence-electron chi connectivity index (χ1n) is 7.46. The molecule has 0 radical (unpaired) electrons. The Balaban J connectivity index is 0.00000176. The van der Waals surface area contributed by atoms with Crippen LogP contribution in [0.25, 0.3) is 10.8 Å². The van der Waals surface area contributed by atoms with Crippen LogP contribution in [0.15, 0.2) is 36.4 Å². The van der Waals surface area contributed by atoms with E-state index in [0.29, 0.717) is 0 Å². The van der Waals surface area contributed by atoms with Crippen molar-refractivity contribution in [1.29, 1.82) is 0 Å². The van der Waals surface area contributed by atoms with Crippen LogP contribution >= 0.6 is 12.4 Å². The Morgan fingerprint density at radius 2 is 1.82 bits per heavy atom. The van der Waals surface area contributed by atoms with Crippen molar-refractivity contribution in [2.24, 2.45) is 0 Å². The highest BCUT2D eigenvalue weighted by Crippen LogP contribution is 2.33. The number of aliphatic hydroxyl groups excluding tert-OH is 1. The highest BCUT2D eigenvalue weighted by Gasteiger charge is 2.23. The minimum Gasteiger partial charge on any atom is -0.496 e. The molecule has 0 spiro atoms. The molecule has 22 heavy (non-hydrogen) atoms. The second-order valence-electron chi connectivity index (χ2n) is 5.39. The topological polar surface area (TPSA) is 44.7 Å². The molecule has 5 heteroatoms. The average Bonchev–Trinajstić information content (AvgIpc) is 2.56. The van der Waals surface area contributed by atoms with E-state index in [9.17, 15) is 5.11 Å². The van der Waals surface area contributed by atoms with E-state index >= 15 is 0 Å². The molecule has 1 fully saturated rings. The van der Waals surface area contributed by atoms with Gasteiger partial charge in [-0.05, 0) is 17.0 Å². The van der Waals surface area contributed by atoms with Gasteiger partial charge in [0, 0.05) is 31.6 Å². The molecule has 0 aromatic heterocycles. The zero-order chi connectivity index (χ0) is 14.7. The van der Waals surface area contributed by atoms with Gasteiger partial charge in [0.2, 0.25) is 0 Å². The van der Waals surface area contributed by atoms with Gasteiger partial charge in [-0.2, -0.15) is 0 Å². The zero-order valence-electron chi connectivity index (χ0n) is 12.8. The normalized spacial score (nSPS) is 17.0.